The van der Waals surface area contributed by atoms with Crippen molar-refractivity contribution in [1.82, 2.24) is 0 Å². The molecule has 0 radical (unpaired) electrons. The molecule has 0 fully saturated rings. The molecule has 0 saturated carbocycles. The van der Waals surface area contributed by atoms with Crippen molar-refractivity contribution in [3.05, 3.63) is 60.2 Å². The van der Waals surface area contributed by atoms with Crippen LogP contribution in [-0.2, 0) is 9.53 Å². The molecule has 3 N–H and O–H groups in total. The highest BCUT2D eigenvalue weighted by molar-refractivity contribution is 7.99. The second kappa shape index (κ2) is 8.78. The van der Waals surface area contributed by atoms with Gasteiger partial charge in [-0.3, -0.25) is 4.79 Å². The number of hydrogen-bond donors (Lipinski definition) is 3. The molecule has 3 aromatic rings. The predicted molar refractivity (Wildman–Crippen MR) is 104 cm³/mol. The Labute approximate surface area is 168 Å². The highest BCUT2D eigenvalue weighted by Gasteiger charge is 2.19. The standard InChI is InChI=1S/C20H15F2NO5S/c21-20(22)29-12-7-5-11(6-8-12)23-17(25)10-28-19(27)15-9-16(24)13-3-1-2-4-14(13)18(15)26/h1-9,20,24,26H,10H2,(H,23,25). The number of rotatable bonds is 6. The maximum Gasteiger partial charge on any atom is 0.342 e. The Hall–Kier alpha value is -3.33. The van der Waals surface area contributed by atoms with E-state index in [1.54, 1.807) is 18.2 Å². The van der Waals surface area contributed by atoms with Gasteiger partial charge in [0, 0.05) is 21.4 Å². The molecule has 1 amide bonds. The zero-order chi connectivity index (χ0) is 21.0. The summed E-state index contributed by atoms with van der Waals surface area (Å²) in [6, 6.07) is 13.2. The fourth-order valence-electron chi connectivity index (χ4n) is 2.62. The number of esters is 1. The van der Waals surface area contributed by atoms with Crippen LogP contribution in [0.3, 0.4) is 0 Å². The van der Waals surface area contributed by atoms with Crippen molar-refractivity contribution in [2.75, 3.05) is 11.9 Å². The first-order valence-corrected chi connectivity index (χ1v) is 9.18. The lowest BCUT2D eigenvalue weighted by molar-refractivity contribution is -0.119. The molecule has 0 heterocycles. The van der Waals surface area contributed by atoms with E-state index in [0.29, 0.717) is 27.7 Å². The number of amides is 1. The molecule has 6 nitrogen and oxygen atoms in total. The van der Waals surface area contributed by atoms with E-state index in [1.165, 1.54) is 30.3 Å². The Morgan fingerprint density at radius 1 is 1.03 bits per heavy atom. The van der Waals surface area contributed by atoms with E-state index in [9.17, 15) is 28.6 Å². The molecule has 150 valence electrons. The van der Waals surface area contributed by atoms with E-state index in [2.05, 4.69) is 5.32 Å². The summed E-state index contributed by atoms with van der Waals surface area (Å²) in [5, 5.41) is 23.4. The van der Waals surface area contributed by atoms with E-state index in [4.69, 9.17) is 4.74 Å². The third kappa shape index (κ3) is 4.94. The molecular weight excluding hydrogens is 404 g/mol. The molecule has 0 aliphatic heterocycles. The van der Waals surface area contributed by atoms with Crippen molar-refractivity contribution in [1.29, 1.82) is 0 Å². The quantitative estimate of drug-likeness (QED) is 0.312. The van der Waals surface area contributed by atoms with Crippen LogP contribution in [0.2, 0.25) is 0 Å². The number of nitrogens with one attached hydrogen (secondary N) is 1. The highest BCUT2D eigenvalue weighted by Crippen LogP contribution is 2.35. The molecule has 0 unspecified atom stereocenters. The number of phenolic OH excluding ortho intramolecular Hbond substituents is 2. The minimum atomic E-state index is -2.54. The molecule has 0 atom stereocenters. The van der Waals surface area contributed by atoms with Gasteiger partial charge in [0.15, 0.2) is 6.61 Å². The highest BCUT2D eigenvalue weighted by atomic mass is 32.2. The zero-order valence-electron chi connectivity index (χ0n) is 14.8. The topological polar surface area (TPSA) is 95.9 Å². The van der Waals surface area contributed by atoms with Crippen molar-refractivity contribution >= 4 is 40.1 Å². The maximum absolute atomic E-state index is 12.3. The first-order chi connectivity index (χ1) is 13.8. The first-order valence-electron chi connectivity index (χ1n) is 8.30. The second-order valence-corrected chi connectivity index (χ2v) is 6.93. The van der Waals surface area contributed by atoms with Crippen molar-refractivity contribution in [2.24, 2.45) is 0 Å². The Morgan fingerprint density at radius 2 is 1.69 bits per heavy atom. The Kier molecular flexibility index (Phi) is 6.18. The van der Waals surface area contributed by atoms with E-state index >= 15 is 0 Å². The summed E-state index contributed by atoms with van der Waals surface area (Å²) < 4.78 is 29.5. The summed E-state index contributed by atoms with van der Waals surface area (Å²) in [6.07, 6.45) is 0. The van der Waals surface area contributed by atoms with Gasteiger partial charge in [0.2, 0.25) is 0 Å². The Morgan fingerprint density at radius 3 is 2.34 bits per heavy atom. The largest absolute Gasteiger partial charge is 0.507 e. The fourth-order valence-corrected chi connectivity index (χ4v) is 3.12. The average molecular weight is 419 g/mol. The second-order valence-electron chi connectivity index (χ2n) is 5.86. The number of carbonyl (C=O) groups is 2. The van der Waals surface area contributed by atoms with E-state index in [0.717, 1.165) is 6.07 Å². The van der Waals surface area contributed by atoms with Gasteiger partial charge in [-0.2, -0.15) is 8.78 Å². The molecule has 0 bridgehead atoms. The summed E-state index contributed by atoms with van der Waals surface area (Å²) >= 11 is 0.381. The lowest BCUT2D eigenvalue weighted by Gasteiger charge is -2.10. The number of fused-ring (bicyclic) bond motifs is 1. The van der Waals surface area contributed by atoms with Crippen molar-refractivity contribution in [2.45, 2.75) is 10.7 Å². The van der Waals surface area contributed by atoms with Crippen molar-refractivity contribution in [3.8, 4) is 11.5 Å². The number of hydrogen-bond acceptors (Lipinski definition) is 6. The number of halogens is 2. The summed E-state index contributed by atoms with van der Waals surface area (Å²) in [5.74, 6) is -4.76. The van der Waals surface area contributed by atoms with Crippen LogP contribution in [0.15, 0.2) is 59.5 Å². The molecule has 0 aliphatic carbocycles. The van der Waals surface area contributed by atoms with Gasteiger partial charge in [0.1, 0.15) is 17.1 Å². The number of alkyl halides is 2. The van der Waals surface area contributed by atoms with Gasteiger partial charge in [0.25, 0.3) is 11.7 Å². The van der Waals surface area contributed by atoms with Gasteiger partial charge in [-0.15, -0.1) is 0 Å². The molecule has 0 saturated heterocycles. The van der Waals surface area contributed by atoms with Crippen LogP contribution < -0.4 is 5.32 Å². The summed E-state index contributed by atoms with van der Waals surface area (Å²) in [4.78, 5) is 24.5. The predicted octanol–water partition coefficient (Wildman–Crippen LogP) is 4.36. The number of carbonyl (C=O) groups excluding carboxylic acids is 2. The van der Waals surface area contributed by atoms with E-state index in [-0.39, 0.29) is 22.4 Å². The van der Waals surface area contributed by atoms with Crippen molar-refractivity contribution < 1.29 is 33.3 Å². The maximum atomic E-state index is 12.3. The lowest BCUT2D eigenvalue weighted by Crippen LogP contribution is -2.21. The molecule has 3 aromatic carbocycles. The van der Waals surface area contributed by atoms with Gasteiger partial charge in [-0.25, -0.2) is 4.79 Å². The van der Waals surface area contributed by atoms with Crippen LogP contribution in [0.4, 0.5) is 14.5 Å². The number of ether oxygens (including phenoxy) is 1. The molecule has 3 rings (SSSR count). The third-order valence-corrected chi connectivity index (χ3v) is 4.63. The minimum absolute atomic E-state index is 0.212. The van der Waals surface area contributed by atoms with Crippen molar-refractivity contribution in [3.63, 3.8) is 0 Å². The van der Waals surface area contributed by atoms with Crippen LogP contribution in [0.5, 0.6) is 11.5 Å². The van der Waals surface area contributed by atoms with Gasteiger partial charge < -0.3 is 20.3 Å². The van der Waals surface area contributed by atoms with Gasteiger partial charge >= 0.3 is 5.97 Å². The first kappa shape index (κ1) is 20.4. The van der Waals surface area contributed by atoms with Crippen LogP contribution in [0.1, 0.15) is 10.4 Å². The molecule has 29 heavy (non-hydrogen) atoms. The van der Waals surface area contributed by atoms with Gasteiger partial charge in [0.05, 0.1) is 0 Å². The van der Waals surface area contributed by atoms with Gasteiger partial charge in [-0.05, 0) is 30.3 Å². The summed E-state index contributed by atoms with van der Waals surface area (Å²) in [6.45, 7) is -0.639. The normalized spacial score (nSPS) is 10.9. The number of phenols is 2. The summed E-state index contributed by atoms with van der Waals surface area (Å²) in [7, 11) is 0. The van der Waals surface area contributed by atoms with Crippen LogP contribution in [0, 0.1) is 0 Å². The molecule has 9 heteroatoms. The fraction of sp³-hybridized carbons (Fsp3) is 0.100. The Bertz CT molecular complexity index is 1060. The summed E-state index contributed by atoms with van der Waals surface area (Å²) in [5.41, 5.74) is 0.0678. The lowest BCUT2D eigenvalue weighted by atomic mass is 10.0. The number of anilines is 1. The monoisotopic (exact) mass is 419 g/mol. The number of aromatic hydroxyl groups is 2. The molecule has 0 aromatic heterocycles. The average Bonchev–Trinajstić information content (AvgIpc) is 2.70. The van der Waals surface area contributed by atoms with Gasteiger partial charge in [-0.1, -0.05) is 36.0 Å². The SMILES string of the molecule is O=C(COC(=O)c1cc(O)c2ccccc2c1O)Nc1ccc(SC(F)F)cc1. The Balaban J connectivity index is 1.62. The van der Waals surface area contributed by atoms with E-state index in [1.807, 2.05) is 0 Å². The van der Waals surface area contributed by atoms with Crippen LogP contribution in [-0.4, -0.2) is 34.5 Å². The van der Waals surface area contributed by atoms with E-state index < -0.39 is 24.2 Å². The number of thioether (sulfide) groups is 1. The van der Waals surface area contributed by atoms with Crippen LogP contribution in [0.25, 0.3) is 10.8 Å². The molecule has 0 aliphatic rings. The minimum Gasteiger partial charge on any atom is -0.507 e. The third-order valence-electron chi connectivity index (χ3n) is 3.91. The number of benzene rings is 3. The molecule has 0 spiro atoms. The smallest absolute Gasteiger partial charge is 0.342 e. The molecular formula is C20H15F2NO5S. The van der Waals surface area contributed by atoms with Crippen LogP contribution >= 0.6 is 11.8 Å². The zero-order valence-corrected chi connectivity index (χ0v) is 15.6.